The smallest absolute Gasteiger partial charge is 0.271 e. The van der Waals surface area contributed by atoms with Gasteiger partial charge in [-0.3, -0.25) is 9.59 Å². The number of methoxy groups -OCH3 is 1. The molecule has 0 spiro atoms. The topological polar surface area (TPSA) is 92.9 Å². The zero-order valence-electron chi connectivity index (χ0n) is 16.7. The number of carbonyl (C=O) groups excluding carboxylic acids is 2. The first-order chi connectivity index (χ1) is 15.1. The van der Waals surface area contributed by atoms with E-state index in [0.29, 0.717) is 22.6 Å². The van der Waals surface area contributed by atoms with Crippen molar-refractivity contribution in [3.63, 3.8) is 0 Å². The van der Waals surface area contributed by atoms with E-state index in [1.807, 2.05) is 36.4 Å². The molecule has 154 valence electrons. The van der Waals surface area contributed by atoms with Crippen LogP contribution in [0.2, 0.25) is 0 Å². The van der Waals surface area contributed by atoms with Crippen molar-refractivity contribution in [3.8, 4) is 5.75 Å². The molecular weight excluding hydrogens is 394 g/mol. The van der Waals surface area contributed by atoms with Crippen LogP contribution in [0.3, 0.4) is 0 Å². The van der Waals surface area contributed by atoms with Gasteiger partial charge < -0.3 is 14.5 Å². The fourth-order valence-corrected chi connectivity index (χ4v) is 2.97. The Morgan fingerprint density at radius 2 is 1.65 bits per heavy atom. The highest BCUT2D eigenvalue weighted by atomic mass is 16.5. The summed E-state index contributed by atoms with van der Waals surface area (Å²) in [4.78, 5) is 25.4. The van der Waals surface area contributed by atoms with Gasteiger partial charge in [-0.05, 0) is 42.5 Å². The fourth-order valence-electron chi connectivity index (χ4n) is 2.97. The molecule has 0 aliphatic rings. The van der Waals surface area contributed by atoms with Crippen molar-refractivity contribution in [1.82, 2.24) is 5.43 Å². The summed E-state index contributed by atoms with van der Waals surface area (Å²) in [6, 6.07) is 24.6. The zero-order valence-corrected chi connectivity index (χ0v) is 16.7. The van der Waals surface area contributed by atoms with Crippen molar-refractivity contribution in [1.29, 1.82) is 0 Å². The number of nitrogens with one attached hydrogen (secondary N) is 2. The predicted octanol–water partition coefficient (Wildman–Crippen LogP) is 3.94. The first-order valence-electron chi connectivity index (χ1n) is 9.51. The Morgan fingerprint density at radius 3 is 2.45 bits per heavy atom. The minimum atomic E-state index is -0.461. The maximum atomic E-state index is 12.9. The highest BCUT2D eigenvalue weighted by Gasteiger charge is 2.14. The number of fused-ring (bicyclic) bond motifs is 1. The van der Waals surface area contributed by atoms with E-state index in [0.717, 1.165) is 5.39 Å². The molecule has 0 bridgehead atoms. The van der Waals surface area contributed by atoms with Gasteiger partial charge in [-0.25, -0.2) is 5.43 Å². The number of hydrogen-bond acceptors (Lipinski definition) is 5. The van der Waals surface area contributed by atoms with Crippen molar-refractivity contribution in [3.05, 3.63) is 102 Å². The van der Waals surface area contributed by atoms with Crippen LogP contribution in [-0.4, -0.2) is 18.9 Å². The van der Waals surface area contributed by atoms with Gasteiger partial charge in [0.25, 0.3) is 11.8 Å². The van der Waals surface area contributed by atoms with Gasteiger partial charge in [0.1, 0.15) is 16.9 Å². The summed E-state index contributed by atoms with van der Waals surface area (Å²) in [5, 5.41) is 7.63. The van der Waals surface area contributed by atoms with Crippen molar-refractivity contribution < 1.29 is 18.7 Å². The van der Waals surface area contributed by atoms with Gasteiger partial charge in [-0.2, -0.15) is 0 Å². The lowest BCUT2D eigenvalue weighted by Crippen LogP contribution is -2.26. The van der Waals surface area contributed by atoms with E-state index in [9.17, 15) is 9.59 Å². The maximum Gasteiger partial charge on any atom is 0.271 e. The number of amides is 2. The second-order valence-corrected chi connectivity index (χ2v) is 6.61. The Hall–Kier alpha value is -4.39. The number of benzene rings is 3. The summed E-state index contributed by atoms with van der Waals surface area (Å²) in [7, 11) is 1.52. The number of nitrogens with zero attached hydrogens (tertiary/aromatic N) is 1. The van der Waals surface area contributed by atoms with Gasteiger partial charge in [-0.1, -0.05) is 42.5 Å². The minimum absolute atomic E-state index is 0.0108. The molecular formula is C24H19N3O4. The van der Waals surface area contributed by atoms with E-state index >= 15 is 0 Å². The van der Waals surface area contributed by atoms with E-state index in [1.165, 1.54) is 7.11 Å². The van der Waals surface area contributed by atoms with Gasteiger partial charge in [-0.15, -0.1) is 5.10 Å². The Bertz CT molecular complexity index is 1310. The highest BCUT2D eigenvalue weighted by molar-refractivity contribution is 6.05. The van der Waals surface area contributed by atoms with Crippen LogP contribution in [-0.2, 0) is 0 Å². The third kappa shape index (κ3) is 4.62. The maximum absolute atomic E-state index is 12.9. The average Bonchev–Trinajstić information content (AvgIpc) is 2.82. The molecule has 0 radical (unpaired) electrons. The Kier molecular flexibility index (Phi) is 5.75. The van der Waals surface area contributed by atoms with Crippen LogP contribution in [0.5, 0.6) is 5.75 Å². The Morgan fingerprint density at radius 1 is 0.871 bits per heavy atom. The lowest BCUT2D eigenvalue weighted by atomic mass is 10.1. The molecule has 0 unspecified atom stereocenters. The van der Waals surface area contributed by atoms with Crippen molar-refractivity contribution in [2.75, 3.05) is 12.4 Å². The van der Waals surface area contributed by atoms with Crippen LogP contribution in [0, 0.1) is 0 Å². The van der Waals surface area contributed by atoms with Gasteiger partial charge in [0.05, 0.1) is 7.11 Å². The number of carbonyl (C=O) groups is 2. The molecule has 31 heavy (non-hydrogen) atoms. The molecule has 4 aromatic rings. The van der Waals surface area contributed by atoms with Crippen molar-refractivity contribution >= 4 is 28.5 Å². The lowest BCUT2D eigenvalue weighted by Gasteiger charge is -2.07. The third-order valence-electron chi connectivity index (χ3n) is 4.52. The lowest BCUT2D eigenvalue weighted by molar-refractivity contribution is 0.0947. The van der Waals surface area contributed by atoms with E-state index in [-0.39, 0.29) is 11.1 Å². The average molecular weight is 413 g/mol. The molecule has 0 aliphatic heterocycles. The van der Waals surface area contributed by atoms with Crippen molar-refractivity contribution in [2.45, 2.75) is 0 Å². The summed E-state index contributed by atoms with van der Waals surface area (Å²) in [6.07, 6.45) is 0. The van der Waals surface area contributed by atoms with Gasteiger partial charge in [0.2, 0.25) is 5.55 Å². The quantitative estimate of drug-likeness (QED) is 0.485. The second kappa shape index (κ2) is 8.96. The molecule has 7 heteroatoms. The third-order valence-corrected chi connectivity index (χ3v) is 4.52. The Balaban J connectivity index is 1.70. The number of rotatable bonds is 5. The first kappa shape index (κ1) is 19.9. The number of ether oxygens (including phenoxy) is 1. The van der Waals surface area contributed by atoms with Crippen LogP contribution in [0.1, 0.15) is 20.7 Å². The molecule has 1 aromatic heterocycles. The van der Waals surface area contributed by atoms with Crippen LogP contribution in [0.15, 0.2) is 94.4 Å². The largest absolute Gasteiger partial charge is 0.497 e. The van der Waals surface area contributed by atoms with Crippen LogP contribution >= 0.6 is 0 Å². The van der Waals surface area contributed by atoms with E-state index < -0.39 is 11.8 Å². The summed E-state index contributed by atoms with van der Waals surface area (Å²) in [6.45, 7) is 0. The van der Waals surface area contributed by atoms with Crippen LogP contribution in [0.4, 0.5) is 5.69 Å². The minimum Gasteiger partial charge on any atom is -0.497 e. The molecule has 4 rings (SSSR count). The van der Waals surface area contributed by atoms with E-state index in [1.54, 1.807) is 48.5 Å². The van der Waals surface area contributed by atoms with Crippen LogP contribution < -0.4 is 21.0 Å². The molecule has 0 atom stereocenters. The molecule has 0 saturated heterocycles. The fraction of sp³-hybridized carbons (Fsp3) is 0.0417. The highest BCUT2D eigenvalue weighted by Crippen LogP contribution is 2.15. The summed E-state index contributed by atoms with van der Waals surface area (Å²) >= 11 is 0. The number of para-hydroxylation sites is 2. The molecule has 1 heterocycles. The van der Waals surface area contributed by atoms with Crippen molar-refractivity contribution in [2.24, 2.45) is 5.10 Å². The molecule has 7 nitrogen and oxygen atoms in total. The van der Waals surface area contributed by atoms with E-state index in [2.05, 4.69) is 15.8 Å². The second-order valence-electron chi connectivity index (χ2n) is 6.61. The number of anilines is 1. The monoisotopic (exact) mass is 413 g/mol. The molecule has 2 amide bonds. The standard InChI is InChI=1S/C24H19N3O4/c1-30-19-12-7-9-17(14-19)22(28)26-27-24-20(15-16-8-5-6-13-21(16)31-24)23(29)25-18-10-3-2-4-11-18/h2-15H,1H3,(H,25,29)(H,26,28). The van der Waals surface area contributed by atoms with Gasteiger partial charge in [0.15, 0.2) is 0 Å². The van der Waals surface area contributed by atoms with Crippen LogP contribution in [0.25, 0.3) is 11.0 Å². The first-order valence-corrected chi connectivity index (χ1v) is 9.51. The molecule has 3 aromatic carbocycles. The molecule has 0 fully saturated rings. The van der Waals surface area contributed by atoms with Gasteiger partial charge >= 0.3 is 0 Å². The summed E-state index contributed by atoms with van der Waals surface area (Å²) in [5.74, 6) is -0.322. The van der Waals surface area contributed by atoms with Gasteiger partial charge in [0, 0.05) is 16.6 Å². The molecule has 2 N–H and O–H groups in total. The summed E-state index contributed by atoms with van der Waals surface area (Å²) < 4.78 is 11.0. The summed E-state index contributed by atoms with van der Waals surface area (Å²) in [5.41, 5.74) is 4.15. The predicted molar refractivity (Wildman–Crippen MR) is 117 cm³/mol. The SMILES string of the molecule is COc1cccc(C(=O)NN=c2oc3ccccc3cc2C(=O)Nc2ccccc2)c1. The zero-order chi connectivity index (χ0) is 21.6. The Labute approximate surface area is 178 Å². The molecule has 0 aliphatic carbocycles. The molecule has 0 saturated carbocycles. The van der Waals surface area contributed by atoms with E-state index in [4.69, 9.17) is 9.15 Å². The number of hydrogen-bond donors (Lipinski definition) is 2. The normalized spacial score (nSPS) is 11.2.